The van der Waals surface area contributed by atoms with Crippen LogP contribution in [0.1, 0.15) is 0 Å². The molecule has 0 atom stereocenters. The van der Waals surface area contributed by atoms with Gasteiger partial charge in [0.15, 0.2) is 11.6 Å². The maximum Gasteiger partial charge on any atom is 0.238 e. The third kappa shape index (κ3) is 5.05. The fourth-order valence-electron chi connectivity index (χ4n) is 8.55. The van der Waals surface area contributed by atoms with Crippen molar-refractivity contribution >= 4 is 65.4 Å². The Morgan fingerprint density at radius 2 is 0.948 bits per heavy atom. The number of benzene rings is 8. The van der Waals surface area contributed by atoms with E-state index >= 15 is 0 Å². The van der Waals surface area contributed by atoms with Crippen molar-refractivity contribution in [1.29, 1.82) is 0 Å². The molecule has 4 aromatic heterocycles. The molecule has 0 spiro atoms. The van der Waals surface area contributed by atoms with Crippen molar-refractivity contribution in [3.8, 4) is 51.1 Å². The second kappa shape index (κ2) is 12.8. The summed E-state index contributed by atoms with van der Waals surface area (Å²) in [6.45, 7) is 0. The first kappa shape index (κ1) is 32.3. The number of fused-ring (bicyclic) bond motifs is 10. The van der Waals surface area contributed by atoms with Gasteiger partial charge in [0.2, 0.25) is 5.95 Å². The van der Waals surface area contributed by atoms with Gasteiger partial charge in [0.25, 0.3) is 0 Å². The molecule has 0 unspecified atom stereocenters. The minimum atomic E-state index is 0.573. The van der Waals surface area contributed by atoms with Gasteiger partial charge in [0, 0.05) is 54.4 Å². The lowest BCUT2D eigenvalue weighted by Gasteiger charge is -2.11. The molecule has 270 valence electrons. The molecular formula is C52H31N5O. The van der Waals surface area contributed by atoms with Crippen molar-refractivity contribution in [3.63, 3.8) is 0 Å². The third-order valence-electron chi connectivity index (χ3n) is 11.2. The Balaban J connectivity index is 1.02. The predicted molar refractivity (Wildman–Crippen MR) is 236 cm³/mol. The van der Waals surface area contributed by atoms with Gasteiger partial charge in [0.05, 0.1) is 22.2 Å². The van der Waals surface area contributed by atoms with E-state index < -0.39 is 0 Å². The van der Waals surface area contributed by atoms with Crippen LogP contribution < -0.4 is 0 Å². The summed E-state index contributed by atoms with van der Waals surface area (Å²) in [5, 5.41) is 7.64. The lowest BCUT2D eigenvalue weighted by Crippen LogP contribution is -2.06. The summed E-state index contributed by atoms with van der Waals surface area (Å²) < 4.78 is 8.91. The smallest absolute Gasteiger partial charge is 0.238 e. The molecule has 4 heterocycles. The van der Waals surface area contributed by atoms with Gasteiger partial charge in [0.1, 0.15) is 11.2 Å². The van der Waals surface area contributed by atoms with E-state index in [4.69, 9.17) is 24.4 Å². The molecule has 58 heavy (non-hydrogen) atoms. The van der Waals surface area contributed by atoms with Crippen LogP contribution in [0.15, 0.2) is 192 Å². The van der Waals surface area contributed by atoms with Crippen LogP contribution in [0.25, 0.3) is 117 Å². The molecule has 6 nitrogen and oxygen atoms in total. The summed E-state index contributed by atoms with van der Waals surface area (Å²) in [5.41, 5.74) is 10.7. The van der Waals surface area contributed by atoms with Gasteiger partial charge in [-0.1, -0.05) is 146 Å². The molecule has 0 amide bonds. The summed E-state index contributed by atoms with van der Waals surface area (Å²) in [5.74, 6) is 1.79. The van der Waals surface area contributed by atoms with Crippen LogP contribution in [0.4, 0.5) is 0 Å². The normalized spacial score (nSPS) is 11.8. The van der Waals surface area contributed by atoms with E-state index in [0.29, 0.717) is 17.6 Å². The fourth-order valence-corrected chi connectivity index (χ4v) is 8.55. The van der Waals surface area contributed by atoms with Crippen molar-refractivity contribution in [2.75, 3.05) is 0 Å². The molecule has 0 radical (unpaired) electrons. The van der Waals surface area contributed by atoms with Gasteiger partial charge in [-0.2, -0.15) is 9.97 Å². The Labute approximate surface area is 332 Å². The average molecular weight is 742 g/mol. The zero-order chi connectivity index (χ0) is 38.2. The van der Waals surface area contributed by atoms with E-state index in [1.54, 1.807) is 0 Å². The number of para-hydroxylation sites is 3. The fraction of sp³-hybridized carbons (Fsp3) is 0. The third-order valence-corrected chi connectivity index (χ3v) is 11.2. The molecule has 0 N–H and O–H groups in total. The summed E-state index contributed by atoms with van der Waals surface area (Å²) in [6, 6.07) is 65.0. The van der Waals surface area contributed by atoms with Crippen LogP contribution >= 0.6 is 0 Å². The SMILES string of the molecule is c1ccc(-c2nc(-c3cccc(-c4ccc5oc6c(ccc7c(-c8ccccc8)nc8ccccc8c76)c5c4)c3)nc(-n3c4ccccc4c4ccccc43)n2)cc1. The largest absolute Gasteiger partial charge is 0.455 e. The molecule has 12 aromatic rings. The van der Waals surface area contributed by atoms with Crippen molar-refractivity contribution in [2.24, 2.45) is 0 Å². The molecule has 8 aromatic carbocycles. The number of rotatable bonds is 5. The molecule has 6 heteroatoms. The molecule has 0 fully saturated rings. The predicted octanol–water partition coefficient (Wildman–Crippen LogP) is 13.2. The first-order valence-corrected chi connectivity index (χ1v) is 19.4. The number of hydrogen-bond donors (Lipinski definition) is 0. The molecule has 0 bridgehead atoms. The molecule has 12 rings (SSSR count). The van der Waals surface area contributed by atoms with Crippen molar-refractivity contribution in [3.05, 3.63) is 188 Å². The van der Waals surface area contributed by atoms with Crippen LogP contribution in [-0.2, 0) is 0 Å². The first-order chi connectivity index (χ1) is 28.7. The molecule has 0 aliphatic rings. The van der Waals surface area contributed by atoms with Crippen molar-refractivity contribution < 1.29 is 4.42 Å². The lowest BCUT2D eigenvalue weighted by atomic mass is 9.97. The molecular weight excluding hydrogens is 711 g/mol. The van der Waals surface area contributed by atoms with Crippen molar-refractivity contribution in [2.45, 2.75) is 0 Å². The second-order valence-corrected chi connectivity index (χ2v) is 14.6. The van der Waals surface area contributed by atoms with Gasteiger partial charge in [-0.15, -0.1) is 0 Å². The zero-order valence-corrected chi connectivity index (χ0v) is 31.0. The monoisotopic (exact) mass is 741 g/mol. The van der Waals surface area contributed by atoms with E-state index in [9.17, 15) is 0 Å². The maximum atomic E-state index is 6.76. The number of pyridine rings is 1. The Hall–Kier alpha value is -7.96. The van der Waals surface area contributed by atoms with Gasteiger partial charge in [-0.05, 0) is 53.6 Å². The minimum Gasteiger partial charge on any atom is -0.455 e. The topological polar surface area (TPSA) is 69.6 Å². The minimum absolute atomic E-state index is 0.573. The Morgan fingerprint density at radius 3 is 1.71 bits per heavy atom. The molecule has 0 saturated heterocycles. The van der Waals surface area contributed by atoms with E-state index in [0.717, 1.165) is 98.9 Å². The summed E-state index contributed by atoms with van der Waals surface area (Å²) >= 11 is 0. The van der Waals surface area contributed by atoms with Gasteiger partial charge in [-0.3, -0.25) is 4.57 Å². The summed E-state index contributed by atoms with van der Waals surface area (Å²) in [7, 11) is 0. The molecule has 0 aliphatic heterocycles. The highest BCUT2D eigenvalue weighted by molar-refractivity contribution is 6.25. The van der Waals surface area contributed by atoms with Crippen molar-refractivity contribution in [1.82, 2.24) is 24.5 Å². The Kier molecular flexibility index (Phi) is 7.13. The highest BCUT2D eigenvalue weighted by Gasteiger charge is 2.20. The summed E-state index contributed by atoms with van der Waals surface area (Å²) in [6.07, 6.45) is 0. The maximum absolute atomic E-state index is 6.76. The van der Waals surface area contributed by atoms with Crippen LogP contribution in [0.5, 0.6) is 0 Å². The number of nitrogens with zero attached hydrogens (tertiary/aromatic N) is 5. The van der Waals surface area contributed by atoms with Gasteiger partial charge in [-0.25, -0.2) is 9.97 Å². The second-order valence-electron chi connectivity index (χ2n) is 14.6. The quantitative estimate of drug-likeness (QED) is 0.164. The van der Waals surface area contributed by atoms with Gasteiger partial charge >= 0.3 is 0 Å². The van der Waals surface area contributed by atoms with Crippen LogP contribution in [0, 0.1) is 0 Å². The lowest BCUT2D eigenvalue weighted by molar-refractivity contribution is 0.673. The molecule has 0 aliphatic carbocycles. The number of aromatic nitrogens is 5. The first-order valence-electron chi connectivity index (χ1n) is 19.4. The van der Waals surface area contributed by atoms with E-state index in [1.165, 1.54) is 0 Å². The average Bonchev–Trinajstić information content (AvgIpc) is 3.85. The zero-order valence-electron chi connectivity index (χ0n) is 31.0. The highest BCUT2D eigenvalue weighted by Crippen LogP contribution is 2.42. The number of hydrogen-bond acceptors (Lipinski definition) is 5. The van der Waals surface area contributed by atoms with Crippen LogP contribution in [0.2, 0.25) is 0 Å². The number of furan rings is 1. The Morgan fingerprint density at radius 1 is 0.362 bits per heavy atom. The Bertz CT molecular complexity index is 3520. The van der Waals surface area contributed by atoms with Gasteiger partial charge < -0.3 is 4.42 Å². The van der Waals surface area contributed by atoms with Crippen LogP contribution in [0.3, 0.4) is 0 Å². The van der Waals surface area contributed by atoms with E-state index in [1.807, 2.05) is 42.5 Å². The van der Waals surface area contributed by atoms with Crippen LogP contribution in [-0.4, -0.2) is 24.5 Å². The summed E-state index contributed by atoms with van der Waals surface area (Å²) in [4.78, 5) is 20.5. The van der Waals surface area contributed by atoms with E-state index in [-0.39, 0.29) is 0 Å². The highest BCUT2D eigenvalue weighted by atomic mass is 16.3. The van der Waals surface area contributed by atoms with E-state index in [2.05, 4.69) is 150 Å². The standard InChI is InChI=1S/C52H31N5O/c1-3-14-32(15-4-1)48-41-28-27-39-42-31-35(26-29-46(42)58-49(39)47(41)40-22-7-10-23-43(40)53-48)34-18-13-19-36(30-34)51-54-50(33-16-5-2-6-17-33)55-52(56-51)57-44-24-11-8-20-37(44)38-21-9-12-25-45(38)57/h1-31H. The molecule has 0 saturated carbocycles.